The normalized spacial score (nSPS) is 25.8. The van der Waals surface area contributed by atoms with Crippen molar-refractivity contribution < 1.29 is 5.11 Å². The molecule has 0 saturated heterocycles. The predicted octanol–water partition coefficient (Wildman–Crippen LogP) is 3.44. The molecule has 17 heavy (non-hydrogen) atoms. The van der Waals surface area contributed by atoms with E-state index in [-0.39, 0.29) is 0 Å². The Morgan fingerprint density at radius 2 is 1.88 bits per heavy atom. The highest BCUT2D eigenvalue weighted by Gasteiger charge is 2.28. The molecule has 0 spiro atoms. The second-order valence-electron chi connectivity index (χ2n) is 5.53. The maximum absolute atomic E-state index is 9.29. The van der Waals surface area contributed by atoms with E-state index in [0.29, 0.717) is 12.6 Å². The van der Waals surface area contributed by atoms with Crippen LogP contribution in [-0.2, 0) is 0 Å². The van der Waals surface area contributed by atoms with Crippen LogP contribution in [0.4, 0.5) is 0 Å². The van der Waals surface area contributed by atoms with Crippen molar-refractivity contribution in [2.75, 3.05) is 13.2 Å². The summed E-state index contributed by atoms with van der Waals surface area (Å²) < 4.78 is 0. The summed E-state index contributed by atoms with van der Waals surface area (Å²) in [6.45, 7) is 8.05. The summed E-state index contributed by atoms with van der Waals surface area (Å²) in [4.78, 5) is 2.60. The van der Waals surface area contributed by atoms with E-state index in [2.05, 4.69) is 25.7 Å². The van der Waals surface area contributed by atoms with Crippen molar-refractivity contribution in [1.29, 1.82) is 0 Å². The van der Waals surface area contributed by atoms with Gasteiger partial charge in [0.1, 0.15) is 0 Å². The Balaban J connectivity index is 2.61. The van der Waals surface area contributed by atoms with E-state index in [4.69, 9.17) is 0 Å². The van der Waals surface area contributed by atoms with E-state index in [9.17, 15) is 5.11 Å². The summed E-state index contributed by atoms with van der Waals surface area (Å²) in [5.74, 6) is 0.921. The zero-order valence-corrected chi connectivity index (χ0v) is 12.0. The summed E-state index contributed by atoms with van der Waals surface area (Å²) in [7, 11) is 0. The van der Waals surface area contributed by atoms with E-state index in [1.165, 1.54) is 44.9 Å². The molecular weight excluding hydrogens is 210 g/mol. The van der Waals surface area contributed by atoms with Crippen LogP contribution in [-0.4, -0.2) is 35.2 Å². The van der Waals surface area contributed by atoms with Crippen molar-refractivity contribution >= 4 is 0 Å². The topological polar surface area (TPSA) is 23.5 Å². The average Bonchev–Trinajstić information content (AvgIpc) is 2.39. The third kappa shape index (κ3) is 4.26. The van der Waals surface area contributed by atoms with Crippen LogP contribution >= 0.6 is 0 Å². The molecule has 0 bridgehead atoms. The highest BCUT2D eigenvalue weighted by molar-refractivity contribution is 4.83. The van der Waals surface area contributed by atoms with Gasteiger partial charge in [0.15, 0.2) is 0 Å². The summed E-state index contributed by atoms with van der Waals surface area (Å²) >= 11 is 0. The van der Waals surface area contributed by atoms with Gasteiger partial charge in [-0.15, -0.1) is 0 Å². The van der Waals surface area contributed by atoms with Crippen LogP contribution in [0, 0.1) is 5.92 Å². The highest BCUT2D eigenvalue weighted by atomic mass is 16.3. The lowest BCUT2D eigenvalue weighted by Crippen LogP contribution is -2.46. The Bertz CT molecular complexity index is 191. The van der Waals surface area contributed by atoms with Gasteiger partial charge in [-0.3, -0.25) is 4.90 Å². The molecule has 0 aromatic heterocycles. The van der Waals surface area contributed by atoms with Crippen molar-refractivity contribution in [3.63, 3.8) is 0 Å². The van der Waals surface area contributed by atoms with E-state index in [1.807, 2.05) is 0 Å². The Morgan fingerprint density at radius 1 is 1.18 bits per heavy atom. The largest absolute Gasteiger partial charge is 0.395 e. The van der Waals surface area contributed by atoms with Crippen LogP contribution in [0.1, 0.15) is 65.7 Å². The zero-order chi connectivity index (χ0) is 12.7. The summed E-state index contributed by atoms with van der Waals surface area (Å²) in [5, 5.41) is 9.29. The minimum absolute atomic E-state index is 0.309. The Hall–Kier alpha value is -0.0800. The van der Waals surface area contributed by atoms with Crippen molar-refractivity contribution in [3.8, 4) is 0 Å². The monoisotopic (exact) mass is 241 g/mol. The maximum atomic E-state index is 9.29. The van der Waals surface area contributed by atoms with Gasteiger partial charge in [-0.1, -0.05) is 40.0 Å². The van der Waals surface area contributed by atoms with Crippen molar-refractivity contribution in [2.24, 2.45) is 5.92 Å². The molecule has 1 rings (SSSR count). The first kappa shape index (κ1) is 15.0. The molecule has 102 valence electrons. The number of nitrogens with zero attached hydrogens (tertiary/aromatic N) is 1. The lowest BCUT2D eigenvalue weighted by molar-refractivity contribution is 0.0616. The molecule has 1 fully saturated rings. The summed E-state index contributed by atoms with van der Waals surface area (Å²) in [6, 6.07) is 1.40. The van der Waals surface area contributed by atoms with Crippen LogP contribution in [0.2, 0.25) is 0 Å². The fraction of sp³-hybridized carbons (Fsp3) is 1.00. The quantitative estimate of drug-likeness (QED) is 0.738. The van der Waals surface area contributed by atoms with Gasteiger partial charge < -0.3 is 5.11 Å². The number of rotatable bonds is 7. The molecule has 0 aromatic rings. The number of aliphatic hydroxyl groups excluding tert-OH is 1. The van der Waals surface area contributed by atoms with Crippen LogP contribution in [0.25, 0.3) is 0 Å². The molecule has 2 heteroatoms. The molecule has 2 unspecified atom stereocenters. The first-order chi connectivity index (χ1) is 8.26. The standard InChI is InChI=1S/C15H31NO/c1-4-13-8-7-9-15(12-13)16(10-11-17)14(5-2)6-3/h13-15,17H,4-12H2,1-3H3. The molecule has 0 radical (unpaired) electrons. The van der Waals surface area contributed by atoms with Gasteiger partial charge in [0.05, 0.1) is 6.61 Å². The minimum atomic E-state index is 0.309. The van der Waals surface area contributed by atoms with Gasteiger partial charge in [-0.25, -0.2) is 0 Å². The van der Waals surface area contributed by atoms with E-state index >= 15 is 0 Å². The molecule has 2 nitrogen and oxygen atoms in total. The molecule has 0 aromatic carbocycles. The minimum Gasteiger partial charge on any atom is -0.395 e. The second-order valence-corrected chi connectivity index (χ2v) is 5.53. The summed E-state index contributed by atoms with van der Waals surface area (Å²) in [6.07, 6.45) is 9.24. The smallest absolute Gasteiger partial charge is 0.0558 e. The van der Waals surface area contributed by atoms with Gasteiger partial charge in [0.25, 0.3) is 0 Å². The molecular formula is C15H31NO. The lowest BCUT2D eigenvalue weighted by atomic mass is 9.82. The first-order valence-corrected chi connectivity index (χ1v) is 7.63. The Kier molecular flexibility index (Phi) is 7.14. The molecule has 0 aliphatic heterocycles. The van der Waals surface area contributed by atoms with Gasteiger partial charge in [0, 0.05) is 18.6 Å². The van der Waals surface area contributed by atoms with Crippen LogP contribution in [0.5, 0.6) is 0 Å². The highest BCUT2D eigenvalue weighted by Crippen LogP contribution is 2.31. The van der Waals surface area contributed by atoms with Crippen molar-refractivity contribution in [2.45, 2.75) is 77.8 Å². The number of aliphatic hydroxyl groups is 1. The third-order valence-corrected chi connectivity index (χ3v) is 4.57. The molecule has 0 heterocycles. The van der Waals surface area contributed by atoms with Crippen molar-refractivity contribution in [3.05, 3.63) is 0 Å². The van der Waals surface area contributed by atoms with Gasteiger partial charge in [0.2, 0.25) is 0 Å². The molecule has 1 aliphatic carbocycles. The second kappa shape index (κ2) is 8.10. The van der Waals surface area contributed by atoms with Gasteiger partial charge in [-0.2, -0.15) is 0 Å². The number of hydrogen-bond acceptors (Lipinski definition) is 2. The summed E-state index contributed by atoms with van der Waals surface area (Å²) in [5.41, 5.74) is 0. The fourth-order valence-electron chi connectivity index (χ4n) is 3.47. The van der Waals surface area contributed by atoms with E-state index in [1.54, 1.807) is 0 Å². The molecule has 0 amide bonds. The van der Waals surface area contributed by atoms with Crippen LogP contribution in [0.3, 0.4) is 0 Å². The zero-order valence-electron chi connectivity index (χ0n) is 12.0. The molecule has 1 saturated carbocycles. The lowest BCUT2D eigenvalue weighted by Gasteiger charge is -2.41. The fourth-order valence-corrected chi connectivity index (χ4v) is 3.47. The third-order valence-electron chi connectivity index (χ3n) is 4.57. The van der Waals surface area contributed by atoms with Crippen molar-refractivity contribution in [1.82, 2.24) is 4.90 Å². The SMILES string of the molecule is CCC1CCCC(N(CCO)C(CC)CC)C1. The Labute approximate surface area is 107 Å². The van der Waals surface area contributed by atoms with Gasteiger partial charge >= 0.3 is 0 Å². The van der Waals surface area contributed by atoms with Crippen LogP contribution in [0.15, 0.2) is 0 Å². The first-order valence-electron chi connectivity index (χ1n) is 7.63. The molecule has 1 N–H and O–H groups in total. The predicted molar refractivity (Wildman–Crippen MR) is 74.2 cm³/mol. The van der Waals surface area contributed by atoms with E-state index in [0.717, 1.165) is 18.5 Å². The number of hydrogen-bond donors (Lipinski definition) is 1. The van der Waals surface area contributed by atoms with Gasteiger partial charge in [-0.05, 0) is 31.6 Å². The molecule has 2 atom stereocenters. The molecule has 1 aliphatic rings. The van der Waals surface area contributed by atoms with Crippen LogP contribution < -0.4 is 0 Å². The Morgan fingerprint density at radius 3 is 2.41 bits per heavy atom. The van der Waals surface area contributed by atoms with E-state index < -0.39 is 0 Å². The maximum Gasteiger partial charge on any atom is 0.0558 e. The average molecular weight is 241 g/mol.